The minimum Gasteiger partial charge on any atom is -0.376 e. The molecule has 3 N–H and O–H groups in total. The molecular weight excluding hydrogens is 498 g/mol. The standard InChI is InChI=1S/C21H22F6N6O3/c1-32(2)18(35)11-7-13(28-9-12(11)20(22,23)24)33-5-3-10(4-6-33)16-15-17(31-30-16)29-14(34)8-19(15,36)21(25,26)27/h7,9-10,36H,3-6,8H2,1-2H3,(H2,29,30,31,34). The van der Waals surface area contributed by atoms with Crippen LogP contribution in [0.1, 0.15) is 52.4 Å². The second-order valence-electron chi connectivity index (χ2n) is 8.99. The third-order valence-corrected chi connectivity index (χ3v) is 6.41. The molecule has 4 rings (SSSR count). The summed E-state index contributed by atoms with van der Waals surface area (Å²) < 4.78 is 81.5. The molecule has 0 saturated carbocycles. The fourth-order valence-electron chi connectivity index (χ4n) is 4.56. The Bertz CT molecular complexity index is 1190. The van der Waals surface area contributed by atoms with Gasteiger partial charge in [-0.25, -0.2) is 4.98 Å². The number of nitrogens with one attached hydrogen (secondary N) is 2. The lowest BCUT2D eigenvalue weighted by atomic mass is 9.81. The number of nitrogens with zero attached hydrogens (tertiary/aromatic N) is 4. The normalized spacial score (nSPS) is 21.2. The average Bonchev–Trinajstić information content (AvgIpc) is 3.21. The largest absolute Gasteiger partial charge is 0.422 e. The number of aromatic nitrogens is 3. The SMILES string of the molecule is CN(C)C(=O)c1cc(N2CCC(c3[nH]nc4c3C(O)(C(F)(F)F)CC(=O)N4)CC2)ncc1C(F)(F)F. The van der Waals surface area contributed by atoms with E-state index in [0.29, 0.717) is 6.20 Å². The number of hydrogen-bond donors (Lipinski definition) is 3. The van der Waals surface area contributed by atoms with E-state index in [1.165, 1.54) is 14.1 Å². The molecule has 2 aliphatic heterocycles. The highest BCUT2D eigenvalue weighted by atomic mass is 19.4. The molecule has 2 aromatic rings. The molecule has 196 valence electrons. The number of hydrogen-bond acceptors (Lipinski definition) is 6. The van der Waals surface area contributed by atoms with Crippen molar-refractivity contribution in [3.63, 3.8) is 0 Å². The van der Waals surface area contributed by atoms with Gasteiger partial charge in [-0.15, -0.1) is 0 Å². The maximum atomic E-state index is 13.8. The summed E-state index contributed by atoms with van der Waals surface area (Å²) in [5.74, 6) is -2.65. The molecule has 4 heterocycles. The molecule has 1 saturated heterocycles. The number of amides is 2. The predicted molar refractivity (Wildman–Crippen MR) is 113 cm³/mol. The molecule has 36 heavy (non-hydrogen) atoms. The Labute approximate surface area is 200 Å². The number of aliphatic hydroxyl groups is 1. The molecule has 1 atom stereocenters. The van der Waals surface area contributed by atoms with Gasteiger partial charge in [0.25, 0.3) is 5.91 Å². The minimum atomic E-state index is -5.13. The first-order valence-corrected chi connectivity index (χ1v) is 10.8. The third kappa shape index (κ3) is 4.35. The van der Waals surface area contributed by atoms with Crippen molar-refractivity contribution in [1.82, 2.24) is 20.1 Å². The van der Waals surface area contributed by atoms with Crippen molar-refractivity contribution in [3.8, 4) is 0 Å². The van der Waals surface area contributed by atoms with Crippen molar-refractivity contribution >= 4 is 23.5 Å². The zero-order valence-electron chi connectivity index (χ0n) is 19.1. The monoisotopic (exact) mass is 520 g/mol. The van der Waals surface area contributed by atoms with E-state index < -0.39 is 58.8 Å². The molecule has 1 fully saturated rings. The number of rotatable bonds is 3. The van der Waals surface area contributed by atoms with Crippen LogP contribution in [-0.2, 0) is 16.6 Å². The van der Waals surface area contributed by atoms with Crippen LogP contribution in [-0.4, -0.2) is 70.4 Å². The van der Waals surface area contributed by atoms with Crippen LogP contribution < -0.4 is 10.2 Å². The third-order valence-electron chi connectivity index (χ3n) is 6.41. The fraction of sp³-hybridized carbons (Fsp3) is 0.524. The molecule has 2 aromatic heterocycles. The summed E-state index contributed by atoms with van der Waals surface area (Å²) in [6.45, 7) is 0.395. The summed E-state index contributed by atoms with van der Waals surface area (Å²) >= 11 is 0. The molecule has 9 nitrogen and oxygen atoms in total. The maximum absolute atomic E-state index is 13.8. The first-order valence-electron chi connectivity index (χ1n) is 10.8. The Balaban J connectivity index is 1.59. The lowest BCUT2D eigenvalue weighted by molar-refractivity contribution is -0.267. The van der Waals surface area contributed by atoms with E-state index in [0.717, 1.165) is 11.0 Å². The number of alkyl halides is 6. The van der Waals surface area contributed by atoms with E-state index in [2.05, 4.69) is 20.5 Å². The average molecular weight is 520 g/mol. The van der Waals surface area contributed by atoms with Crippen LogP contribution in [0.5, 0.6) is 0 Å². The second kappa shape index (κ2) is 8.64. The summed E-state index contributed by atoms with van der Waals surface area (Å²) in [6, 6.07) is 1.06. The van der Waals surface area contributed by atoms with Gasteiger partial charge >= 0.3 is 12.4 Å². The lowest BCUT2D eigenvalue weighted by Crippen LogP contribution is -2.49. The zero-order chi connectivity index (χ0) is 26.6. The Morgan fingerprint density at radius 2 is 1.83 bits per heavy atom. The van der Waals surface area contributed by atoms with E-state index >= 15 is 0 Å². The molecular formula is C21H22F6N6O3. The second-order valence-corrected chi connectivity index (χ2v) is 8.99. The molecule has 0 spiro atoms. The van der Waals surface area contributed by atoms with Gasteiger partial charge in [-0.3, -0.25) is 14.7 Å². The van der Waals surface area contributed by atoms with Crippen LogP contribution in [0.2, 0.25) is 0 Å². The van der Waals surface area contributed by atoms with Gasteiger partial charge in [0.05, 0.1) is 23.1 Å². The summed E-state index contributed by atoms with van der Waals surface area (Å²) in [7, 11) is 2.65. The van der Waals surface area contributed by atoms with Gasteiger partial charge in [0.15, 0.2) is 11.4 Å². The van der Waals surface area contributed by atoms with Crippen LogP contribution in [0.4, 0.5) is 38.0 Å². The van der Waals surface area contributed by atoms with Gasteiger partial charge in [0, 0.05) is 45.0 Å². The molecule has 0 bridgehead atoms. The number of carbonyl (C=O) groups excluding carboxylic acids is 2. The van der Waals surface area contributed by atoms with Gasteiger partial charge in [-0.2, -0.15) is 31.4 Å². The van der Waals surface area contributed by atoms with Gasteiger partial charge < -0.3 is 20.2 Å². The number of fused-ring (bicyclic) bond motifs is 1. The van der Waals surface area contributed by atoms with E-state index in [-0.39, 0.29) is 43.3 Å². The fourth-order valence-corrected chi connectivity index (χ4v) is 4.56. The van der Waals surface area contributed by atoms with Gasteiger partial charge in [-0.05, 0) is 18.9 Å². The molecule has 2 amide bonds. The topological polar surface area (TPSA) is 114 Å². The highest BCUT2D eigenvalue weighted by molar-refractivity contribution is 5.96. The highest BCUT2D eigenvalue weighted by Crippen LogP contribution is 2.50. The van der Waals surface area contributed by atoms with Gasteiger partial charge in [0.1, 0.15) is 5.82 Å². The maximum Gasteiger partial charge on any atom is 0.422 e. The van der Waals surface area contributed by atoms with Crippen LogP contribution in [0.25, 0.3) is 0 Å². The Kier molecular flexibility index (Phi) is 6.17. The van der Waals surface area contributed by atoms with E-state index in [1.807, 2.05) is 0 Å². The van der Waals surface area contributed by atoms with Crippen LogP contribution in [0.15, 0.2) is 12.3 Å². The number of aromatic amines is 1. The highest BCUT2D eigenvalue weighted by Gasteiger charge is 2.61. The lowest BCUT2D eigenvalue weighted by Gasteiger charge is -2.37. The number of halogens is 6. The van der Waals surface area contributed by atoms with Crippen molar-refractivity contribution in [2.45, 2.75) is 43.1 Å². The van der Waals surface area contributed by atoms with Crippen molar-refractivity contribution in [3.05, 3.63) is 34.6 Å². The Hall–Kier alpha value is -3.36. The van der Waals surface area contributed by atoms with Gasteiger partial charge in [-0.1, -0.05) is 0 Å². The van der Waals surface area contributed by atoms with Gasteiger partial charge in [0.2, 0.25) is 5.91 Å². The number of piperidine rings is 1. The zero-order valence-corrected chi connectivity index (χ0v) is 19.1. The molecule has 15 heteroatoms. The summed E-state index contributed by atoms with van der Waals surface area (Å²) in [5, 5.41) is 19.0. The van der Waals surface area contributed by atoms with Crippen molar-refractivity contribution in [2.24, 2.45) is 0 Å². The molecule has 0 aliphatic carbocycles. The number of anilines is 2. The Morgan fingerprint density at radius 3 is 2.39 bits per heavy atom. The summed E-state index contributed by atoms with van der Waals surface area (Å²) in [6.07, 6.45) is -10.0. The number of H-pyrrole nitrogens is 1. The minimum absolute atomic E-state index is 0.0355. The molecule has 2 aliphatic rings. The van der Waals surface area contributed by atoms with Crippen LogP contribution in [0, 0.1) is 0 Å². The number of pyridine rings is 1. The summed E-state index contributed by atoms with van der Waals surface area (Å²) in [4.78, 5) is 30.6. The molecule has 1 unspecified atom stereocenters. The van der Waals surface area contributed by atoms with E-state index in [1.54, 1.807) is 4.90 Å². The van der Waals surface area contributed by atoms with Crippen LogP contribution in [0.3, 0.4) is 0 Å². The van der Waals surface area contributed by atoms with Crippen molar-refractivity contribution < 1.29 is 41.0 Å². The first kappa shape index (κ1) is 25.7. The number of carbonyl (C=O) groups is 2. The quantitative estimate of drug-likeness (QED) is 0.537. The first-order chi connectivity index (χ1) is 16.6. The Morgan fingerprint density at radius 1 is 1.19 bits per heavy atom. The van der Waals surface area contributed by atoms with Crippen molar-refractivity contribution in [1.29, 1.82) is 0 Å². The smallest absolute Gasteiger partial charge is 0.376 e. The molecule has 0 radical (unpaired) electrons. The summed E-state index contributed by atoms with van der Waals surface area (Å²) in [5.41, 5.74) is -5.63. The van der Waals surface area contributed by atoms with Crippen LogP contribution >= 0.6 is 0 Å². The molecule has 0 aromatic carbocycles. The van der Waals surface area contributed by atoms with E-state index in [4.69, 9.17) is 0 Å². The van der Waals surface area contributed by atoms with E-state index in [9.17, 15) is 41.0 Å². The van der Waals surface area contributed by atoms with Crippen molar-refractivity contribution in [2.75, 3.05) is 37.4 Å². The predicted octanol–water partition coefficient (Wildman–Crippen LogP) is 3.00.